The molecule has 90 valence electrons. The fourth-order valence-electron chi connectivity index (χ4n) is 1.58. The summed E-state index contributed by atoms with van der Waals surface area (Å²) in [6, 6.07) is 1.72. The first-order valence-corrected chi connectivity index (χ1v) is 5.79. The molecule has 0 spiro atoms. The number of likely N-dealkylation sites (N-methyl/N-ethyl adjacent to an activating group) is 1. The second-order valence-corrected chi connectivity index (χ2v) is 4.05. The Bertz CT molecular complexity index is 482. The van der Waals surface area contributed by atoms with E-state index >= 15 is 0 Å². The number of ketones is 2. The third-order valence-electron chi connectivity index (χ3n) is 2.46. The van der Waals surface area contributed by atoms with Crippen LogP contribution in [0.25, 0.3) is 0 Å². The van der Waals surface area contributed by atoms with Crippen LogP contribution in [0.3, 0.4) is 0 Å². The fraction of sp³-hybridized carbons (Fsp3) is 0.364. The van der Waals surface area contributed by atoms with Gasteiger partial charge in [0.25, 0.3) is 0 Å². The summed E-state index contributed by atoms with van der Waals surface area (Å²) in [7, 11) is 0. The van der Waals surface area contributed by atoms with Gasteiger partial charge < -0.3 is 4.90 Å². The number of halogens is 2. The monoisotopic (exact) mass is 272 g/mol. The molecule has 0 fully saturated rings. The van der Waals surface area contributed by atoms with Crippen molar-refractivity contribution in [2.45, 2.75) is 13.8 Å². The summed E-state index contributed by atoms with van der Waals surface area (Å²) < 4.78 is 0. The Labute approximate surface area is 109 Å². The molecule has 0 radical (unpaired) electrons. The molecule has 0 bridgehead atoms. The van der Waals surface area contributed by atoms with E-state index < -0.39 is 11.6 Å². The first kappa shape index (κ1) is 13.8. The predicted octanol–water partition coefficient (Wildman–Crippen LogP) is 1.95. The third-order valence-corrected chi connectivity index (χ3v) is 3.28. The number of rotatable bonds is 3. The van der Waals surface area contributed by atoms with Crippen molar-refractivity contribution < 1.29 is 9.59 Å². The van der Waals surface area contributed by atoms with E-state index in [-0.39, 0.29) is 21.3 Å². The summed E-state index contributed by atoms with van der Waals surface area (Å²) in [4.78, 5) is 25.3. The first-order chi connectivity index (χ1) is 7.99. The van der Waals surface area contributed by atoms with Crippen LogP contribution in [0, 0.1) is 11.3 Å². The standard InChI is InChI=1S/C11H10Cl2N2O2/c1-3-15(4-2)9-6(5-14)10(16)7(12)8(13)11(9)17/h3-4H2,1-2H3. The molecule has 1 aliphatic rings. The summed E-state index contributed by atoms with van der Waals surface area (Å²) in [6.45, 7) is 4.63. The number of carbonyl (C=O) groups excluding carboxylic acids is 2. The summed E-state index contributed by atoms with van der Waals surface area (Å²) in [5.41, 5.74) is -0.204. The molecular formula is C11H10Cl2N2O2. The molecule has 0 N–H and O–H groups in total. The van der Waals surface area contributed by atoms with Crippen LogP contribution in [-0.2, 0) is 9.59 Å². The highest BCUT2D eigenvalue weighted by Crippen LogP contribution is 2.30. The van der Waals surface area contributed by atoms with E-state index in [1.807, 2.05) is 13.8 Å². The molecule has 4 nitrogen and oxygen atoms in total. The lowest BCUT2D eigenvalue weighted by Gasteiger charge is -2.26. The van der Waals surface area contributed by atoms with Crippen molar-refractivity contribution in [3.8, 4) is 6.07 Å². The van der Waals surface area contributed by atoms with Gasteiger partial charge in [0.05, 0.1) is 0 Å². The van der Waals surface area contributed by atoms with Gasteiger partial charge in [0.15, 0.2) is 0 Å². The molecule has 0 unspecified atom stereocenters. The second kappa shape index (κ2) is 5.35. The maximum absolute atomic E-state index is 11.9. The van der Waals surface area contributed by atoms with Crippen LogP contribution in [-0.4, -0.2) is 29.6 Å². The smallest absolute Gasteiger partial charge is 0.223 e. The average molecular weight is 273 g/mol. The quantitative estimate of drug-likeness (QED) is 0.737. The maximum atomic E-state index is 11.9. The van der Waals surface area contributed by atoms with Crippen LogP contribution in [0.1, 0.15) is 13.8 Å². The minimum absolute atomic E-state index is 0.0388. The summed E-state index contributed by atoms with van der Waals surface area (Å²) >= 11 is 11.3. The van der Waals surface area contributed by atoms with E-state index in [1.54, 1.807) is 11.0 Å². The molecule has 0 atom stereocenters. The minimum Gasteiger partial charge on any atom is -0.368 e. The van der Waals surface area contributed by atoms with Crippen molar-refractivity contribution >= 4 is 34.8 Å². The van der Waals surface area contributed by atoms with Crippen LogP contribution in [0.5, 0.6) is 0 Å². The van der Waals surface area contributed by atoms with E-state index in [9.17, 15) is 9.59 Å². The number of hydrogen-bond acceptors (Lipinski definition) is 4. The van der Waals surface area contributed by atoms with Crippen LogP contribution in [0.15, 0.2) is 21.3 Å². The van der Waals surface area contributed by atoms with E-state index in [0.717, 1.165) is 0 Å². The number of nitriles is 1. The number of Topliss-reactive ketones (excluding diaryl/α,β-unsaturated/α-hetero) is 2. The number of hydrogen-bond donors (Lipinski definition) is 0. The van der Waals surface area contributed by atoms with Gasteiger partial charge in [-0.2, -0.15) is 5.26 Å². The van der Waals surface area contributed by atoms with Gasteiger partial charge >= 0.3 is 0 Å². The second-order valence-electron chi connectivity index (χ2n) is 3.29. The topological polar surface area (TPSA) is 61.2 Å². The van der Waals surface area contributed by atoms with Crippen molar-refractivity contribution in [3.63, 3.8) is 0 Å². The minimum atomic E-state index is -0.694. The van der Waals surface area contributed by atoms with Gasteiger partial charge in [-0.05, 0) is 13.8 Å². The SMILES string of the molecule is CCN(CC)C1=C(C#N)C(=O)C(Cl)=C(Cl)C1=O. The van der Waals surface area contributed by atoms with E-state index in [2.05, 4.69) is 0 Å². The zero-order valence-electron chi connectivity index (χ0n) is 9.38. The van der Waals surface area contributed by atoms with E-state index in [0.29, 0.717) is 13.1 Å². The number of nitrogens with zero attached hydrogens (tertiary/aromatic N) is 2. The summed E-state index contributed by atoms with van der Waals surface area (Å²) in [5.74, 6) is -1.27. The lowest BCUT2D eigenvalue weighted by molar-refractivity contribution is -0.116. The zero-order valence-corrected chi connectivity index (χ0v) is 10.9. The van der Waals surface area contributed by atoms with Gasteiger partial charge in [0.1, 0.15) is 27.4 Å². The van der Waals surface area contributed by atoms with Crippen LogP contribution >= 0.6 is 23.2 Å². The fourth-order valence-corrected chi connectivity index (χ4v) is 1.94. The van der Waals surface area contributed by atoms with Crippen molar-refractivity contribution in [3.05, 3.63) is 21.3 Å². The normalized spacial score (nSPS) is 16.4. The highest BCUT2D eigenvalue weighted by molar-refractivity contribution is 6.59. The molecular weight excluding hydrogens is 263 g/mol. The molecule has 0 amide bonds. The van der Waals surface area contributed by atoms with Crippen molar-refractivity contribution in [2.75, 3.05) is 13.1 Å². The van der Waals surface area contributed by atoms with Gasteiger partial charge in [-0.25, -0.2) is 0 Å². The van der Waals surface area contributed by atoms with Gasteiger partial charge in [0.2, 0.25) is 11.6 Å². The Kier molecular flexibility index (Phi) is 4.33. The molecule has 0 aromatic rings. The number of allylic oxidation sites excluding steroid dienone is 3. The third kappa shape index (κ3) is 2.21. The van der Waals surface area contributed by atoms with Crippen LogP contribution < -0.4 is 0 Å². The summed E-state index contributed by atoms with van der Waals surface area (Å²) in [5, 5.41) is 8.25. The molecule has 0 aliphatic heterocycles. The molecule has 0 saturated heterocycles. The Morgan fingerprint density at radius 2 is 1.59 bits per heavy atom. The van der Waals surface area contributed by atoms with Crippen LogP contribution in [0.4, 0.5) is 0 Å². The first-order valence-electron chi connectivity index (χ1n) is 5.03. The lowest BCUT2D eigenvalue weighted by Crippen LogP contribution is -2.33. The van der Waals surface area contributed by atoms with Gasteiger partial charge in [-0.15, -0.1) is 0 Å². The maximum Gasteiger partial charge on any atom is 0.223 e. The van der Waals surface area contributed by atoms with E-state index in [1.165, 1.54) is 0 Å². The van der Waals surface area contributed by atoms with Gasteiger partial charge in [0, 0.05) is 13.1 Å². The van der Waals surface area contributed by atoms with Crippen molar-refractivity contribution in [1.29, 1.82) is 5.26 Å². The Morgan fingerprint density at radius 3 is 2.00 bits per heavy atom. The zero-order chi connectivity index (χ0) is 13.2. The largest absolute Gasteiger partial charge is 0.368 e. The summed E-state index contributed by atoms with van der Waals surface area (Å²) in [6.07, 6.45) is 0. The molecule has 0 aromatic heterocycles. The van der Waals surface area contributed by atoms with Crippen molar-refractivity contribution in [1.82, 2.24) is 4.90 Å². The average Bonchev–Trinajstić information content (AvgIpc) is 2.34. The number of carbonyl (C=O) groups is 2. The van der Waals surface area contributed by atoms with Crippen molar-refractivity contribution in [2.24, 2.45) is 0 Å². The Balaban J connectivity index is 3.43. The van der Waals surface area contributed by atoms with Gasteiger partial charge in [-0.1, -0.05) is 23.2 Å². The molecule has 17 heavy (non-hydrogen) atoms. The highest BCUT2D eigenvalue weighted by atomic mass is 35.5. The molecule has 0 heterocycles. The molecule has 0 saturated carbocycles. The highest BCUT2D eigenvalue weighted by Gasteiger charge is 2.35. The predicted molar refractivity (Wildman–Crippen MR) is 64.3 cm³/mol. The molecule has 6 heteroatoms. The Hall–Kier alpha value is -1.31. The van der Waals surface area contributed by atoms with E-state index in [4.69, 9.17) is 28.5 Å². The molecule has 1 rings (SSSR count). The van der Waals surface area contributed by atoms with Gasteiger partial charge in [-0.3, -0.25) is 9.59 Å². The molecule has 1 aliphatic carbocycles. The molecule has 0 aromatic carbocycles. The Morgan fingerprint density at radius 1 is 1.12 bits per heavy atom. The lowest BCUT2D eigenvalue weighted by atomic mass is 9.99. The van der Waals surface area contributed by atoms with Crippen LogP contribution in [0.2, 0.25) is 0 Å².